The van der Waals surface area contributed by atoms with Gasteiger partial charge >= 0.3 is 0 Å². The van der Waals surface area contributed by atoms with E-state index in [0.717, 1.165) is 5.56 Å². The van der Waals surface area contributed by atoms with Crippen LogP contribution in [0.3, 0.4) is 0 Å². The zero-order chi connectivity index (χ0) is 11.5. The fraction of sp³-hybridized carbons (Fsp3) is 0.100. The molecule has 6 heteroatoms. The van der Waals surface area contributed by atoms with Gasteiger partial charge in [0.2, 0.25) is 5.28 Å². The number of aromatic nitrogens is 2. The molecular formula is C10H8ClN3OS. The number of halogens is 1. The monoisotopic (exact) mass is 253 g/mol. The first-order chi connectivity index (χ1) is 7.66. The molecule has 0 radical (unpaired) electrons. The third kappa shape index (κ3) is 2.37. The van der Waals surface area contributed by atoms with Crippen LogP contribution >= 0.6 is 22.9 Å². The summed E-state index contributed by atoms with van der Waals surface area (Å²) in [4.78, 5) is 19.4. The molecule has 0 unspecified atom stereocenters. The minimum Gasteiger partial charge on any atom is -0.306 e. The number of nitrogens with one attached hydrogen (secondary N) is 1. The van der Waals surface area contributed by atoms with Gasteiger partial charge in [0.15, 0.2) is 0 Å². The van der Waals surface area contributed by atoms with Crippen molar-refractivity contribution in [2.24, 2.45) is 0 Å². The number of anilines is 1. The Balaban J connectivity index is 2.17. The molecule has 0 aromatic carbocycles. The van der Waals surface area contributed by atoms with E-state index in [1.54, 1.807) is 11.4 Å². The maximum Gasteiger partial charge on any atom is 0.257 e. The molecule has 0 aliphatic carbocycles. The lowest BCUT2D eigenvalue weighted by molar-refractivity contribution is 0.102. The lowest BCUT2D eigenvalue weighted by atomic mass is 10.2. The molecule has 1 N–H and O–H groups in total. The SMILES string of the molecule is Cc1cscc1C(=O)Nc1ccnc(Cl)n1. The highest BCUT2D eigenvalue weighted by atomic mass is 35.5. The Kier molecular flexibility index (Phi) is 3.17. The first kappa shape index (κ1) is 11.0. The van der Waals surface area contributed by atoms with Crippen LogP contribution in [0.4, 0.5) is 5.82 Å². The van der Waals surface area contributed by atoms with Crippen LogP contribution in [0.5, 0.6) is 0 Å². The van der Waals surface area contributed by atoms with E-state index in [4.69, 9.17) is 11.6 Å². The maximum absolute atomic E-state index is 11.8. The fourth-order valence-corrected chi connectivity index (χ4v) is 2.16. The Morgan fingerprint density at radius 2 is 2.31 bits per heavy atom. The summed E-state index contributed by atoms with van der Waals surface area (Å²) in [5.41, 5.74) is 1.60. The zero-order valence-corrected chi connectivity index (χ0v) is 9.97. The standard InChI is InChI=1S/C10H8ClN3OS/c1-6-4-16-5-7(6)9(15)13-8-2-3-12-10(11)14-8/h2-5H,1H3,(H,12,13,14,15). The van der Waals surface area contributed by atoms with Crippen LogP contribution in [0.2, 0.25) is 5.28 Å². The normalized spacial score (nSPS) is 10.1. The van der Waals surface area contributed by atoms with E-state index < -0.39 is 0 Å². The second kappa shape index (κ2) is 4.59. The molecule has 2 heterocycles. The summed E-state index contributed by atoms with van der Waals surface area (Å²) in [5, 5.41) is 6.49. The van der Waals surface area contributed by atoms with E-state index in [9.17, 15) is 4.79 Å². The molecule has 0 bridgehead atoms. The van der Waals surface area contributed by atoms with E-state index in [1.165, 1.54) is 17.5 Å². The van der Waals surface area contributed by atoms with Crippen molar-refractivity contribution in [3.05, 3.63) is 39.4 Å². The number of aryl methyl sites for hydroxylation is 1. The maximum atomic E-state index is 11.8. The molecule has 2 rings (SSSR count). The van der Waals surface area contributed by atoms with Gasteiger partial charge in [-0.05, 0) is 35.5 Å². The molecule has 0 aliphatic heterocycles. The van der Waals surface area contributed by atoms with Gasteiger partial charge in [0.1, 0.15) is 5.82 Å². The van der Waals surface area contributed by atoms with Crippen LogP contribution in [-0.4, -0.2) is 15.9 Å². The highest BCUT2D eigenvalue weighted by Gasteiger charge is 2.10. The van der Waals surface area contributed by atoms with Gasteiger partial charge in [-0.15, -0.1) is 0 Å². The summed E-state index contributed by atoms with van der Waals surface area (Å²) in [5.74, 6) is 0.212. The average molecular weight is 254 g/mol. The van der Waals surface area contributed by atoms with E-state index in [2.05, 4.69) is 15.3 Å². The number of nitrogens with zero attached hydrogens (tertiary/aromatic N) is 2. The lowest BCUT2D eigenvalue weighted by Gasteiger charge is -2.03. The number of carbonyl (C=O) groups is 1. The van der Waals surface area contributed by atoms with Crippen LogP contribution < -0.4 is 5.32 Å². The molecule has 2 aromatic heterocycles. The van der Waals surface area contributed by atoms with Crippen LogP contribution in [0, 0.1) is 6.92 Å². The van der Waals surface area contributed by atoms with Crippen molar-refractivity contribution < 1.29 is 4.79 Å². The molecule has 0 spiro atoms. The van der Waals surface area contributed by atoms with Gasteiger partial charge in [0.05, 0.1) is 5.56 Å². The van der Waals surface area contributed by atoms with Crippen LogP contribution in [-0.2, 0) is 0 Å². The summed E-state index contributed by atoms with van der Waals surface area (Å²) in [6.45, 7) is 1.89. The lowest BCUT2D eigenvalue weighted by Crippen LogP contribution is -2.13. The summed E-state index contributed by atoms with van der Waals surface area (Å²) in [6.07, 6.45) is 1.49. The number of hydrogen-bond acceptors (Lipinski definition) is 4. The Hall–Kier alpha value is -1.46. The number of hydrogen-bond donors (Lipinski definition) is 1. The summed E-state index contributed by atoms with van der Waals surface area (Å²) >= 11 is 7.10. The second-order valence-electron chi connectivity index (χ2n) is 3.13. The minimum absolute atomic E-state index is 0.111. The van der Waals surface area contributed by atoms with E-state index in [-0.39, 0.29) is 11.2 Å². The molecule has 0 atom stereocenters. The zero-order valence-electron chi connectivity index (χ0n) is 8.40. The summed E-state index contributed by atoms with van der Waals surface area (Å²) in [7, 11) is 0. The van der Waals surface area contributed by atoms with Crippen LogP contribution in [0.15, 0.2) is 23.0 Å². The van der Waals surface area contributed by atoms with E-state index >= 15 is 0 Å². The Morgan fingerprint density at radius 3 is 2.94 bits per heavy atom. The smallest absolute Gasteiger partial charge is 0.257 e. The third-order valence-corrected chi connectivity index (χ3v) is 3.01. The number of amides is 1. The summed E-state index contributed by atoms with van der Waals surface area (Å²) < 4.78 is 0. The molecule has 2 aromatic rings. The van der Waals surface area contributed by atoms with Crippen molar-refractivity contribution in [3.63, 3.8) is 0 Å². The molecule has 82 valence electrons. The van der Waals surface area contributed by atoms with E-state index in [0.29, 0.717) is 11.4 Å². The molecular weight excluding hydrogens is 246 g/mol. The van der Waals surface area contributed by atoms with Crippen molar-refractivity contribution in [1.82, 2.24) is 9.97 Å². The molecule has 0 fully saturated rings. The van der Waals surface area contributed by atoms with Crippen molar-refractivity contribution in [2.45, 2.75) is 6.92 Å². The predicted molar refractivity (Wildman–Crippen MR) is 64.1 cm³/mol. The van der Waals surface area contributed by atoms with E-state index in [1.807, 2.05) is 12.3 Å². The van der Waals surface area contributed by atoms with Crippen molar-refractivity contribution in [3.8, 4) is 0 Å². The highest BCUT2D eigenvalue weighted by molar-refractivity contribution is 7.08. The quantitative estimate of drug-likeness (QED) is 0.838. The highest BCUT2D eigenvalue weighted by Crippen LogP contribution is 2.15. The fourth-order valence-electron chi connectivity index (χ4n) is 1.18. The Bertz CT molecular complexity index is 526. The predicted octanol–water partition coefficient (Wildman–Crippen LogP) is 2.75. The molecule has 0 saturated heterocycles. The van der Waals surface area contributed by atoms with Crippen molar-refractivity contribution in [1.29, 1.82) is 0 Å². The van der Waals surface area contributed by atoms with Crippen molar-refractivity contribution in [2.75, 3.05) is 5.32 Å². The van der Waals surface area contributed by atoms with Crippen LogP contribution in [0.1, 0.15) is 15.9 Å². The van der Waals surface area contributed by atoms with Gasteiger partial charge in [-0.3, -0.25) is 4.79 Å². The topological polar surface area (TPSA) is 54.9 Å². The van der Waals surface area contributed by atoms with Crippen LogP contribution in [0.25, 0.3) is 0 Å². The summed E-state index contributed by atoms with van der Waals surface area (Å²) in [6, 6.07) is 1.59. The number of rotatable bonds is 2. The first-order valence-corrected chi connectivity index (χ1v) is 5.81. The molecule has 0 saturated carbocycles. The first-order valence-electron chi connectivity index (χ1n) is 4.49. The van der Waals surface area contributed by atoms with Gasteiger partial charge in [0, 0.05) is 11.6 Å². The second-order valence-corrected chi connectivity index (χ2v) is 4.22. The third-order valence-electron chi connectivity index (χ3n) is 1.97. The molecule has 4 nitrogen and oxygen atoms in total. The Morgan fingerprint density at radius 1 is 1.50 bits per heavy atom. The minimum atomic E-state index is -0.187. The Labute approximate surface area is 101 Å². The average Bonchev–Trinajstić information content (AvgIpc) is 2.64. The molecule has 16 heavy (non-hydrogen) atoms. The van der Waals surface area contributed by atoms with Gasteiger partial charge in [0.25, 0.3) is 5.91 Å². The van der Waals surface area contributed by atoms with Gasteiger partial charge in [-0.2, -0.15) is 11.3 Å². The largest absolute Gasteiger partial charge is 0.306 e. The number of thiophene rings is 1. The van der Waals surface area contributed by atoms with Gasteiger partial charge in [-0.1, -0.05) is 0 Å². The van der Waals surface area contributed by atoms with Gasteiger partial charge in [-0.25, -0.2) is 9.97 Å². The van der Waals surface area contributed by atoms with Gasteiger partial charge < -0.3 is 5.32 Å². The van der Waals surface area contributed by atoms with Crippen molar-refractivity contribution >= 4 is 34.7 Å². The number of carbonyl (C=O) groups excluding carboxylic acids is 1. The molecule has 1 amide bonds. The molecule has 0 aliphatic rings.